The smallest absolute Gasteiger partial charge is 0.264 e. The second kappa shape index (κ2) is 2.81. The van der Waals surface area contributed by atoms with Gasteiger partial charge in [-0.1, -0.05) is 0 Å². The molecule has 2 N–H and O–H groups in total. The van der Waals surface area contributed by atoms with E-state index in [2.05, 4.69) is 25.4 Å². The van der Waals surface area contributed by atoms with Crippen LogP contribution >= 0.6 is 0 Å². The van der Waals surface area contributed by atoms with Gasteiger partial charge in [0.1, 0.15) is 11.5 Å². The van der Waals surface area contributed by atoms with E-state index in [-0.39, 0.29) is 5.56 Å². The van der Waals surface area contributed by atoms with E-state index in [0.717, 1.165) is 0 Å². The first-order valence-electron chi connectivity index (χ1n) is 3.71. The van der Waals surface area contributed by atoms with Crippen molar-refractivity contribution in [1.29, 1.82) is 0 Å². The molecule has 2 rings (SSSR count). The molecule has 0 atom stereocenters. The number of hydrogen-bond donors (Lipinski definition) is 2. The SMILES string of the molecule is Cc1nc(-c2ccc(=O)[nH]n2)n[nH]1. The molecule has 2 aromatic rings. The number of nitrogens with one attached hydrogen (secondary N) is 2. The molecule has 0 spiro atoms. The number of rotatable bonds is 1. The highest BCUT2D eigenvalue weighted by Gasteiger charge is 2.03. The Morgan fingerprint density at radius 1 is 1.23 bits per heavy atom. The Hall–Kier alpha value is -1.98. The van der Waals surface area contributed by atoms with Gasteiger partial charge in [0.25, 0.3) is 5.56 Å². The van der Waals surface area contributed by atoms with Crippen LogP contribution in [0.2, 0.25) is 0 Å². The zero-order valence-electron chi connectivity index (χ0n) is 6.90. The molecule has 6 nitrogen and oxygen atoms in total. The van der Waals surface area contributed by atoms with Crippen LogP contribution in [-0.2, 0) is 0 Å². The second-order valence-corrected chi connectivity index (χ2v) is 2.55. The molecule has 0 aliphatic rings. The first-order valence-corrected chi connectivity index (χ1v) is 3.71. The molecule has 0 fully saturated rings. The fourth-order valence-electron chi connectivity index (χ4n) is 0.926. The molecule has 66 valence electrons. The van der Waals surface area contributed by atoms with E-state index in [1.54, 1.807) is 13.0 Å². The van der Waals surface area contributed by atoms with Crippen molar-refractivity contribution in [2.24, 2.45) is 0 Å². The van der Waals surface area contributed by atoms with Gasteiger partial charge in [0, 0.05) is 6.07 Å². The highest BCUT2D eigenvalue weighted by molar-refractivity contribution is 5.46. The quantitative estimate of drug-likeness (QED) is 0.634. The molecular formula is C7H7N5O. The first kappa shape index (κ1) is 7.66. The minimum atomic E-state index is -0.240. The third-order valence-electron chi connectivity index (χ3n) is 1.51. The minimum Gasteiger partial charge on any atom is -0.268 e. The maximum absolute atomic E-state index is 10.7. The van der Waals surface area contributed by atoms with Crippen LogP contribution in [0, 0.1) is 6.92 Å². The van der Waals surface area contributed by atoms with Crippen LogP contribution in [0.15, 0.2) is 16.9 Å². The Labute approximate surface area is 73.0 Å². The fourth-order valence-corrected chi connectivity index (χ4v) is 0.926. The molecule has 0 aliphatic heterocycles. The summed E-state index contributed by atoms with van der Waals surface area (Å²) in [6.45, 7) is 1.79. The molecule has 0 bridgehead atoms. The third kappa shape index (κ3) is 1.46. The molecule has 0 saturated carbocycles. The van der Waals surface area contributed by atoms with Crippen LogP contribution in [0.25, 0.3) is 11.5 Å². The molecule has 0 aliphatic carbocycles. The lowest BCUT2D eigenvalue weighted by atomic mass is 10.4. The van der Waals surface area contributed by atoms with E-state index in [0.29, 0.717) is 17.3 Å². The Morgan fingerprint density at radius 3 is 2.62 bits per heavy atom. The normalized spacial score (nSPS) is 10.2. The summed E-state index contributed by atoms with van der Waals surface area (Å²) in [6.07, 6.45) is 0. The van der Waals surface area contributed by atoms with E-state index in [1.807, 2.05) is 0 Å². The highest BCUT2D eigenvalue weighted by Crippen LogP contribution is 2.06. The van der Waals surface area contributed by atoms with Crippen molar-refractivity contribution >= 4 is 0 Å². The van der Waals surface area contributed by atoms with Crippen LogP contribution in [0.3, 0.4) is 0 Å². The monoisotopic (exact) mass is 177 g/mol. The standard InChI is InChI=1S/C7H7N5O/c1-4-8-7(12-9-4)5-2-3-6(13)11-10-5/h2-3H,1H3,(H,11,13)(H,8,9,12). The maximum Gasteiger partial charge on any atom is 0.264 e. The average molecular weight is 177 g/mol. The van der Waals surface area contributed by atoms with Crippen LogP contribution < -0.4 is 5.56 Å². The summed E-state index contributed by atoms with van der Waals surface area (Å²) in [6, 6.07) is 2.95. The molecule has 2 heterocycles. The summed E-state index contributed by atoms with van der Waals surface area (Å²) < 4.78 is 0. The van der Waals surface area contributed by atoms with Crippen molar-refractivity contribution in [3.8, 4) is 11.5 Å². The molecule has 13 heavy (non-hydrogen) atoms. The highest BCUT2D eigenvalue weighted by atomic mass is 16.1. The summed E-state index contributed by atoms with van der Waals surface area (Å²) in [5, 5.41) is 12.7. The van der Waals surface area contributed by atoms with Crippen LogP contribution in [0.1, 0.15) is 5.82 Å². The van der Waals surface area contributed by atoms with Crippen molar-refractivity contribution in [2.45, 2.75) is 6.92 Å². The number of H-pyrrole nitrogens is 2. The third-order valence-corrected chi connectivity index (χ3v) is 1.51. The van der Waals surface area contributed by atoms with Gasteiger partial charge in [0.15, 0.2) is 0 Å². The Morgan fingerprint density at radius 2 is 2.08 bits per heavy atom. The van der Waals surface area contributed by atoms with Crippen molar-refractivity contribution in [1.82, 2.24) is 25.4 Å². The summed E-state index contributed by atoms with van der Waals surface area (Å²) >= 11 is 0. The van der Waals surface area contributed by atoms with Gasteiger partial charge in [-0.2, -0.15) is 10.2 Å². The zero-order chi connectivity index (χ0) is 9.26. The number of hydrogen-bond acceptors (Lipinski definition) is 4. The van der Waals surface area contributed by atoms with Crippen LogP contribution in [0.5, 0.6) is 0 Å². The van der Waals surface area contributed by atoms with Gasteiger partial charge in [0.2, 0.25) is 5.82 Å². The number of aromatic amines is 2. The Kier molecular flexibility index (Phi) is 1.66. The van der Waals surface area contributed by atoms with E-state index < -0.39 is 0 Å². The van der Waals surface area contributed by atoms with E-state index in [1.165, 1.54) is 6.07 Å². The molecule has 0 unspecified atom stereocenters. The summed E-state index contributed by atoms with van der Waals surface area (Å²) in [5.74, 6) is 1.19. The Balaban J connectivity index is 2.47. The summed E-state index contributed by atoms with van der Waals surface area (Å²) in [5.41, 5.74) is 0.306. The number of aryl methyl sites for hydroxylation is 1. The van der Waals surface area contributed by atoms with Gasteiger partial charge in [-0.05, 0) is 13.0 Å². The van der Waals surface area contributed by atoms with E-state index in [9.17, 15) is 4.79 Å². The van der Waals surface area contributed by atoms with E-state index >= 15 is 0 Å². The van der Waals surface area contributed by atoms with Gasteiger partial charge in [-0.15, -0.1) is 0 Å². The van der Waals surface area contributed by atoms with Gasteiger partial charge in [-0.25, -0.2) is 10.1 Å². The van der Waals surface area contributed by atoms with Crippen molar-refractivity contribution in [3.63, 3.8) is 0 Å². The lowest BCUT2D eigenvalue weighted by Gasteiger charge is -1.89. The maximum atomic E-state index is 10.7. The predicted molar refractivity (Wildman–Crippen MR) is 45.0 cm³/mol. The molecular weight excluding hydrogens is 170 g/mol. The fraction of sp³-hybridized carbons (Fsp3) is 0.143. The molecule has 0 radical (unpaired) electrons. The van der Waals surface area contributed by atoms with E-state index in [4.69, 9.17) is 0 Å². The molecule has 0 amide bonds. The van der Waals surface area contributed by atoms with Crippen LogP contribution in [-0.4, -0.2) is 25.4 Å². The van der Waals surface area contributed by atoms with Gasteiger partial charge < -0.3 is 0 Å². The number of aromatic nitrogens is 5. The number of nitrogens with zero attached hydrogens (tertiary/aromatic N) is 3. The molecule has 0 aromatic carbocycles. The summed E-state index contributed by atoms with van der Waals surface area (Å²) in [4.78, 5) is 14.8. The van der Waals surface area contributed by atoms with Gasteiger partial charge >= 0.3 is 0 Å². The van der Waals surface area contributed by atoms with Gasteiger partial charge in [0.05, 0.1) is 0 Å². The molecule has 0 saturated heterocycles. The van der Waals surface area contributed by atoms with Crippen molar-refractivity contribution in [3.05, 3.63) is 28.3 Å². The predicted octanol–water partition coefficient (Wildman–Crippen LogP) is -0.137. The minimum absolute atomic E-state index is 0.240. The molecule has 2 aromatic heterocycles. The molecule has 6 heteroatoms. The zero-order valence-corrected chi connectivity index (χ0v) is 6.90. The Bertz CT molecular complexity index is 451. The first-order chi connectivity index (χ1) is 6.25. The van der Waals surface area contributed by atoms with Crippen molar-refractivity contribution in [2.75, 3.05) is 0 Å². The van der Waals surface area contributed by atoms with Crippen LogP contribution in [0.4, 0.5) is 0 Å². The largest absolute Gasteiger partial charge is 0.268 e. The summed E-state index contributed by atoms with van der Waals surface area (Å²) in [7, 11) is 0. The van der Waals surface area contributed by atoms with Gasteiger partial charge in [-0.3, -0.25) is 9.89 Å². The second-order valence-electron chi connectivity index (χ2n) is 2.55. The van der Waals surface area contributed by atoms with Crippen molar-refractivity contribution < 1.29 is 0 Å². The lowest BCUT2D eigenvalue weighted by Crippen LogP contribution is -2.05. The topological polar surface area (TPSA) is 87.3 Å². The lowest BCUT2D eigenvalue weighted by molar-refractivity contribution is 0.976. The average Bonchev–Trinajstić information content (AvgIpc) is 2.53.